The molecule has 0 saturated heterocycles. The van der Waals surface area contributed by atoms with Gasteiger partial charge in [0, 0.05) is 13.0 Å². The maximum absolute atomic E-state index is 14.0. The van der Waals surface area contributed by atoms with Gasteiger partial charge in [-0.3, -0.25) is 0 Å². The van der Waals surface area contributed by atoms with E-state index in [9.17, 15) is 4.39 Å². The van der Waals surface area contributed by atoms with Crippen molar-refractivity contribution in [3.05, 3.63) is 47.6 Å². The highest BCUT2D eigenvalue weighted by Crippen LogP contribution is 2.38. The Kier molecular flexibility index (Phi) is 6.64. The molecule has 1 aromatic heterocycles. The molecule has 4 nitrogen and oxygen atoms in total. The lowest BCUT2D eigenvalue weighted by molar-refractivity contribution is 0.220. The molecule has 2 aromatic rings. The van der Waals surface area contributed by atoms with Crippen LogP contribution < -0.4 is 5.32 Å². The number of hydrogen-bond acceptors (Lipinski definition) is 4. The summed E-state index contributed by atoms with van der Waals surface area (Å²) in [7, 11) is 0. The van der Waals surface area contributed by atoms with E-state index in [1.807, 2.05) is 0 Å². The molecule has 148 valence electrons. The van der Waals surface area contributed by atoms with E-state index in [1.54, 1.807) is 18.2 Å². The lowest BCUT2D eigenvalue weighted by Gasteiger charge is -2.37. The van der Waals surface area contributed by atoms with Gasteiger partial charge in [0.1, 0.15) is 5.82 Å². The molecule has 0 fully saturated rings. The summed E-state index contributed by atoms with van der Waals surface area (Å²) in [6, 6.07) is 6.46. The zero-order chi connectivity index (χ0) is 20.1. The summed E-state index contributed by atoms with van der Waals surface area (Å²) in [5.74, 6) is 5.04. The number of aromatic nitrogens is 2. The van der Waals surface area contributed by atoms with Gasteiger partial charge in [0.2, 0.25) is 5.89 Å². The number of hydrogen-bond donors (Lipinski definition) is 1. The zero-order valence-corrected chi connectivity index (χ0v) is 16.8. The standard InChI is InChI=1S/C23H28FN3O/c1-5-10-25-14-18-11-16(4)17(12-20(18)15(2)3)13-22-26-27-23(28-22)19-8-6-7-9-21(19)24/h1,6-9,11,15,17-18,20,25H,10,12-14H2,2-4H3. The number of terminal acetylenes is 1. The summed E-state index contributed by atoms with van der Waals surface area (Å²) < 4.78 is 19.7. The Morgan fingerprint density at radius 1 is 1.32 bits per heavy atom. The van der Waals surface area contributed by atoms with Gasteiger partial charge in [-0.1, -0.05) is 43.5 Å². The molecular formula is C23H28FN3O. The molecule has 3 unspecified atom stereocenters. The average Bonchev–Trinajstić information content (AvgIpc) is 3.12. The summed E-state index contributed by atoms with van der Waals surface area (Å²) in [6.45, 7) is 8.21. The molecule has 0 amide bonds. The highest BCUT2D eigenvalue weighted by molar-refractivity contribution is 5.53. The molecule has 3 rings (SSSR count). The number of nitrogens with one attached hydrogen (secondary N) is 1. The number of halogens is 1. The van der Waals surface area contributed by atoms with Crippen LogP contribution in [0.4, 0.5) is 4.39 Å². The molecule has 1 aromatic carbocycles. The normalized spacial score (nSPS) is 22.1. The Balaban J connectivity index is 1.73. The van der Waals surface area contributed by atoms with Crippen molar-refractivity contribution in [3.8, 4) is 23.8 Å². The molecule has 0 bridgehead atoms. The zero-order valence-electron chi connectivity index (χ0n) is 16.8. The molecule has 0 spiro atoms. The number of rotatable bonds is 7. The van der Waals surface area contributed by atoms with Crippen LogP contribution >= 0.6 is 0 Å². The van der Waals surface area contributed by atoms with Gasteiger partial charge in [0.15, 0.2) is 0 Å². The average molecular weight is 381 g/mol. The molecule has 1 heterocycles. The van der Waals surface area contributed by atoms with Gasteiger partial charge in [-0.2, -0.15) is 0 Å². The summed E-state index contributed by atoms with van der Waals surface area (Å²) in [5.41, 5.74) is 1.69. The minimum absolute atomic E-state index is 0.238. The molecule has 1 aliphatic rings. The fraction of sp³-hybridized carbons (Fsp3) is 0.478. The van der Waals surface area contributed by atoms with Crippen LogP contribution in [0.15, 0.2) is 40.3 Å². The first-order valence-electron chi connectivity index (χ1n) is 9.89. The van der Waals surface area contributed by atoms with Crippen LogP contribution in [-0.4, -0.2) is 23.3 Å². The van der Waals surface area contributed by atoms with Crippen molar-refractivity contribution in [3.63, 3.8) is 0 Å². The topological polar surface area (TPSA) is 51.0 Å². The molecule has 5 heteroatoms. The van der Waals surface area contributed by atoms with E-state index in [1.165, 1.54) is 11.6 Å². The van der Waals surface area contributed by atoms with Crippen LogP contribution in [0.25, 0.3) is 11.5 Å². The molecule has 0 aliphatic heterocycles. The monoisotopic (exact) mass is 381 g/mol. The third-order valence-electron chi connectivity index (χ3n) is 5.68. The predicted octanol–water partition coefficient (Wildman–Crippen LogP) is 4.50. The van der Waals surface area contributed by atoms with E-state index >= 15 is 0 Å². The van der Waals surface area contributed by atoms with Crippen LogP contribution in [0.3, 0.4) is 0 Å². The third-order valence-corrected chi connectivity index (χ3v) is 5.68. The van der Waals surface area contributed by atoms with Crippen molar-refractivity contribution in [2.75, 3.05) is 13.1 Å². The van der Waals surface area contributed by atoms with Crippen molar-refractivity contribution in [2.45, 2.75) is 33.6 Å². The highest BCUT2D eigenvalue weighted by atomic mass is 19.1. The molecule has 1 aliphatic carbocycles. The maximum atomic E-state index is 14.0. The first kappa shape index (κ1) is 20.3. The van der Waals surface area contributed by atoms with Gasteiger partial charge >= 0.3 is 0 Å². The van der Waals surface area contributed by atoms with E-state index in [2.05, 4.69) is 48.3 Å². The lowest BCUT2D eigenvalue weighted by Crippen LogP contribution is -2.35. The summed E-state index contributed by atoms with van der Waals surface area (Å²) in [4.78, 5) is 0. The van der Waals surface area contributed by atoms with Gasteiger partial charge < -0.3 is 9.73 Å². The minimum atomic E-state index is -0.353. The van der Waals surface area contributed by atoms with Crippen LogP contribution in [0, 0.1) is 41.8 Å². The third kappa shape index (κ3) is 4.69. The van der Waals surface area contributed by atoms with Crippen LogP contribution in [0.2, 0.25) is 0 Å². The largest absolute Gasteiger partial charge is 0.421 e. The van der Waals surface area contributed by atoms with Gasteiger partial charge in [-0.25, -0.2) is 4.39 Å². The van der Waals surface area contributed by atoms with E-state index in [-0.39, 0.29) is 11.7 Å². The van der Waals surface area contributed by atoms with Gasteiger partial charge in [0.05, 0.1) is 12.1 Å². The van der Waals surface area contributed by atoms with E-state index in [0.717, 1.165) is 13.0 Å². The van der Waals surface area contributed by atoms with Crippen LogP contribution in [0.5, 0.6) is 0 Å². The fourth-order valence-corrected chi connectivity index (χ4v) is 4.11. The highest BCUT2D eigenvalue weighted by Gasteiger charge is 2.32. The lowest BCUT2D eigenvalue weighted by atomic mass is 9.70. The first-order valence-corrected chi connectivity index (χ1v) is 9.89. The minimum Gasteiger partial charge on any atom is -0.421 e. The Morgan fingerprint density at radius 3 is 2.82 bits per heavy atom. The van der Waals surface area contributed by atoms with E-state index < -0.39 is 0 Å². The van der Waals surface area contributed by atoms with Gasteiger partial charge in [-0.05, 0) is 49.1 Å². The summed E-state index contributed by atoms with van der Waals surface area (Å²) in [5, 5.41) is 11.6. The molecule has 1 N–H and O–H groups in total. The van der Waals surface area contributed by atoms with Crippen molar-refractivity contribution in [2.24, 2.45) is 23.7 Å². The second-order valence-corrected chi connectivity index (χ2v) is 7.93. The van der Waals surface area contributed by atoms with Crippen molar-refractivity contribution < 1.29 is 8.81 Å². The van der Waals surface area contributed by atoms with Crippen molar-refractivity contribution >= 4 is 0 Å². The molecule has 0 radical (unpaired) electrons. The predicted molar refractivity (Wildman–Crippen MR) is 109 cm³/mol. The molecule has 0 saturated carbocycles. The summed E-state index contributed by atoms with van der Waals surface area (Å²) in [6.07, 6.45) is 9.47. The first-order chi connectivity index (χ1) is 13.5. The Labute approximate surface area is 166 Å². The quantitative estimate of drug-likeness (QED) is 0.436. The van der Waals surface area contributed by atoms with Gasteiger partial charge in [-0.15, -0.1) is 16.6 Å². The van der Waals surface area contributed by atoms with E-state index in [4.69, 9.17) is 10.8 Å². The van der Waals surface area contributed by atoms with Crippen LogP contribution in [0.1, 0.15) is 33.1 Å². The summed E-state index contributed by atoms with van der Waals surface area (Å²) >= 11 is 0. The van der Waals surface area contributed by atoms with Crippen molar-refractivity contribution in [1.82, 2.24) is 15.5 Å². The second kappa shape index (κ2) is 9.16. The number of benzene rings is 1. The van der Waals surface area contributed by atoms with Crippen LogP contribution in [-0.2, 0) is 6.42 Å². The van der Waals surface area contributed by atoms with E-state index in [0.29, 0.717) is 48.1 Å². The SMILES string of the molecule is C#CCNCC1C=C(C)C(Cc2nnc(-c3ccccc3F)o2)CC1C(C)C. The maximum Gasteiger partial charge on any atom is 0.250 e. The number of nitrogens with zero attached hydrogens (tertiary/aromatic N) is 2. The Morgan fingerprint density at radius 2 is 2.11 bits per heavy atom. The van der Waals surface area contributed by atoms with Crippen molar-refractivity contribution in [1.29, 1.82) is 0 Å². The fourth-order valence-electron chi connectivity index (χ4n) is 4.11. The second-order valence-electron chi connectivity index (χ2n) is 7.93. The molecule has 3 atom stereocenters. The molecule has 28 heavy (non-hydrogen) atoms. The Hall–Kier alpha value is -2.45. The Bertz CT molecular complexity index is 865. The number of allylic oxidation sites excluding steroid dienone is 1. The molecular weight excluding hydrogens is 353 g/mol. The smallest absolute Gasteiger partial charge is 0.250 e. The van der Waals surface area contributed by atoms with Gasteiger partial charge in [0.25, 0.3) is 5.89 Å².